The Labute approximate surface area is 67.0 Å². The molecule has 1 nitrogen and oxygen atoms in total. The van der Waals surface area contributed by atoms with Crippen LogP contribution in [0.5, 0.6) is 0 Å². The van der Waals surface area contributed by atoms with Crippen LogP contribution in [-0.4, -0.2) is 0 Å². The normalized spacial score (nSPS) is 9.45. The monoisotopic (exact) mass is 147 g/mol. The van der Waals surface area contributed by atoms with Gasteiger partial charge in [-0.2, -0.15) is 0 Å². The molecule has 0 amide bonds. The fraction of sp³-hybridized carbons (Fsp3) is 0.200. The van der Waals surface area contributed by atoms with Crippen molar-refractivity contribution >= 4 is 0 Å². The van der Waals surface area contributed by atoms with Crippen LogP contribution in [0.1, 0.15) is 12.0 Å². The summed E-state index contributed by atoms with van der Waals surface area (Å²) >= 11 is 0. The zero-order chi connectivity index (χ0) is 8.10. The minimum atomic E-state index is 0.00820. The van der Waals surface area contributed by atoms with Gasteiger partial charge < -0.3 is 5.11 Å². The maximum atomic E-state index is 10.5. The summed E-state index contributed by atoms with van der Waals surface area (Å²) in [6, 6.07) is 9.95. The van der Waals surface area contributed by atoms with Crippen molar-refractivity contribution in [1.82, 2.24) is 0 Å². The Hall–Kier alpha value is -1.24. The Morgan fingerprint density at radius 2 is 1.91 bits per heavy atom. The van der Waals surface area contributed by atoms with Gasteiger partial charge in [-0.1, -0.05) is 30.3 Å². The highest BCUT2D eigenvalue weighted by atomic mass is 16.3. The van der Waals surface area contributed by atoms with Crippen molar-refractivity contribution in [1.29, 1.82) is 0 Å². The summed E-state index contributed by atoms with van der Waals surface area (Å²) in [5.41, 5.74) is 1.20. The highest BCUT2D eigenvalue weighted by Crippen LogP contribution is 2.03. The first-order chi connectivity index (χ1) is 5.29. The number of rotatable bonds is 3. The summed E-state index contributed by atoms with van der Waals surface area (Å²) in [7, 11) is 0. The van der Waals surface area contributed by atoms with Gasteiger partial charge in [-0.05, 0) is 18.4 Å². The SMILES string of the molecule is C=C([O-])CCc1ccccc1. The third kappa shape index (κ3) is 2.89. The first-order valence-electron chi connectivity index (χ1n) is 3.68. The molecule has 0 radical (unpaired) electrons. The van der Waals surface area contributed by atoms with Gasteiger partial charge in [0.1, 0.15) is 0 Å². The average molecular weight is 147 g/mol. The molecule has 0 saturated heterocycles. The summed E-state index contributed by atoms with van der Waals surface area (Å²) in [4.78, 5) is 0. The molecule has 1 heteroatoms. The molecule has 0 heterocycles. The molecule has 0 aromatic heterocycles. The van der Waals surface area contributed by atoms with Gasteiger partial charge in [0.2, 0.25) is 0 Å². The van der Waals surface area contributed by atoms with E-state index in [1.807, 2.05) is 30.3 Å². The molecule has 0 aliphatic rings. The minimum absolute atomic E-state index is 0.00820. The lowest BCUT2D eigenvalue weighted by molar-refractivity contribution is -0.305. The van der Waals surface area contributed by atoms with Crippen molar-refractivity contribution in [2.45, 2.75) is 12.8 Å². The molecular weight excluding hydrogens is 136 g/mol. The van der Waals surface area contributed by atoms with E-state index in [9.17, 15) is 5.11 Å². The van der Waals surface area contributed by atoms with Gasteiger partial charge in [0.15, 0.2) is 0 Å². The molecule has 1 aromatic carbocycles. The second-order valence-corrected chi connectivity index (χ2v) is 2.52. The number of hydrogen-bond acceptors (Lipinski definition) is 1. The van der Waals surface area contributed by atoms with E-state index >= 15 is 0 Å². The van der Waals surface area contributed by atoms with Crippen LogP contribution < -0.4 is 5.11 Å². The smallest absolute Gasteiger partial charge is 0.0250 e. The summed E-state index contributed by atoms with van der Waals surface area (Å²) in [6.07, 6.45) is 1.35. The lowest BCUT2D eigenvalue weighted by Crippen LogP contribution is -2.02. The lowest BCUT2D eigenvalue weighted by Gasteiger charge is -2.07. The Morgan fingerprint density at radius 3 is 2.45 bits per heavy atom. The van der Waals surface area contributed by atoms with Gasteiger partial charge in [-0.3, -0.25) is 0 Å². The van der Waals surface area contributed by atoms with Crippen LogP contribution in [0.15, 0.2) is 42.7 Å². The first-order valence-corrected chi connectivity index (χ1v) is 3.68. The second-order valence-electron chi connectivity index (χ2n) is 2.52. The van der Waals surface area contributed by atoms with Crippen molar-refractivity contribution in [2.24, 2.45) is 0 Å². The number of aryl methyl sites for hydroxylation is 1. The molecule has 0 N–H and O–H groups in total. The van der Waals surface area contributed by atoms with Crippen LogP contribution in [0.4, 0.5) is 0 Å². The predicted molar refractivity (Wildman–Crippen MR) is 43.9 cm³/mol. The molecule has 1 aromatic rings. The molecule has 0 unspecified atom stereocenters. The summed E-state index contributed by atoms with van der Waals surface area (Å²) in [5, 5.41) is 10.5. The molecule has 0 atom stereocenters. The van der Waals surface area contributed by atoms with Crippen molar-refractivity contribution < 1.29 is 5.11 Å². The van der Waals surface area contributed by atoms with Crippen molar-refractivity contribution in [3.8, 4) is 0 Å². The fourth-order valence-corrected chi connectivity index (χ4v) is 0.928. The van der Waals surface area contributed by atoms with E-state index in [-0.39, 0.29) is 5.76 Å². The van der Waals surface area contributed by atoms with Crippen LogP contribution in [-0.2, 0) is 6.42 Å². The van der Waals surface area contributed by atoms with Gasteiger partial charge >= 0.3 is 0 Å². The standard InChI is InChI=1S/C10H12O/c1-9(11)7-8-10-5-3-2-4-6-10/h2-6,11H,1,7-8H2/p-1. The fourth-order valence-electron chi connectivity index (χ4n) is 0.928. The van der Waals surface area contributed by atoms with Crippen LogP contribution in [0.25, 0.3) is 0 Å². The number of hydrogen-bond donors (Lipinski definition) is 0. The highest BCUT2D eigenvalue weighted by Gasteiger charge is 1.87. The van der Waals surface area contributed by atoms with Gasteiger partial charge in [0, 0.05) is 0 Å². The molecule has 0 bridgehead atoms. The highest BCUT2D eigenvalue weighted by molar-refractivity contribution is 5.15. The second kappa shape index (κ2) is 3.81. The third-order valence-electron chi connectivity index (χ3n) is 1.54. The summed E-state index contributed by atoms with van der Waals surface area (Å²) in [5.74, 6) is 0.00820. The van der Waals surface area contributed by atoms with Gasteiger partial charge in [0.05, 0.1) is 0 Å². The van der Waals surface area contributed by atoms with E-state index in [2.05, 4.69) is 6.58 Å². The summed E-state index contributed by atoms with van der Waals surface area (Å²) < 4.78 is 0. The molecule has 0 fully saturated rings. The number of allylic oxidation sites excluding steroid dienone is 1. The third-order valence-corrected chi connectivity index (χ3v) is 1.54. The Bertz CT molecular complexity index is 226. The molecule has 11 heavy (non-hydrogen) atoms. The zero-order valence-electron chi connectivity index (χ0n) is 6.42. The molecule has 0 saturated carbocycles. The van der Waals surface area contributed by atoms with E-state index in [0.717, 1.165) is 6.42 Å². The van der Waals surface area contributed by atoms with E-state index in [1.165, 1.54) is 5.56 Å². The van der Waals surface area contributed by atoms with E-state index in [0.29, 0.717) is 6.42 Å². The molecule has 1 rings (SSSR count). The topological polar surface area (TPSA) is 23.1 Å². The largest absolute Gasteiger partial charge is 0.876 e. The molecule has 0 aliphatic carbocycles. The maximum Gasteiger partial charge on any atom is -0.0250 e. The number of benzene rings is 1. The lowest BCUT2D eigenvalue weighted by atomic mass is 10.1. The maximum absolute atomic E-state index is 10.5. The van der Waals surface area contributed by atoms with Gasteiger partial charge in [-0.15, -0.1) is 12.3 Å². The quantitative estimate of drug-likeness (QED) is 0.594. The predicted octanol–water partition coefficient (Wildman–Crippen LogP) is 1.49. The van der Waals surface area contributed by atoms with E-state index in [4.69, 9.17) is 0 Å². The molecule has 58 valence electrons. The Morgan fingerprint density at radius 1 is 1.27 bits per heavy atom. The Kier molecular flexibility index (Phi) is 2.73. The van der Waals surface area contributed by atoms with Gasteiger partial charge in [-0.25, -0.2) is 0 Å². The van der Waals surface area contributed by atoms with Gasteiger partial charge in [0.25, 0.3) is 0 Å². The van der Waals surface area contributed by atoms with Crippen molar-refractivity contribution in [2.75, 3.05) is 0 Å². The minimum Gasteiger partial charge on any atom is -0.876 e. The molecular formula is C10H11O-. The van der Waals surface area contributed by atoms with E-state index in [1.54, 1.807) is 0 Å². The average Bonchev–Trinajstić information content (AvgIpc) is 2.03. The van der Waals surface area contributed by atoms with Crippen molar-refractivity contribution in [3.63, 3.8) is 0 Å². The molecule has 0 spiro atoms. The van der Waals surface area contributed by atoms with Crippen molar-refractivity contribution in [3.05, 3.63) is 48.2 Å². The molecule has 0 aliphatic heterocycles. The van der Waals surface area contributed by atoms with Crippen LogP contribution >= 0.6 is 0 Å². The zero-order valence-corrected chi connectivity index (χ0v) is 6.42. The van der Waals surface area contributed by atoms with Crippen LogP contribution in [0.2, 0.25) is 0 Å². The Balaban J connectivity index is 2.45. The first kappa shape index (κ1) is 7.86. The van der Waals surface area contributed by atoms with Crippen LogP contribution in [0, 0.1) is 0 Å². The summed E-state index contributed by atoms with van der Waals surface area (Å²) in [6.45, 7) is 3.31. The van der Waals surface area contributed by atoms with Crippen LogP contribution in [0.3, 0.4) is 0 Å². The van der Waals surface area contributed by atoms with E-state index < -0.39 is 0 Å².